The second-order valence-corrected chi connectivity index (χ2v) is 6.00. The van der Waals surface area contributed by atoms with E-state index in [1.807, 2.05) is 48.5 Å². The van der Waals surface area contributed by atoms with Gasteiger partial charge in [-0.1, -0.05) is 48.1 Å². The lowest BCUT2D eigenvalue weighted by molar-refractivity contribution is -0.131. The van der Waals surface area contributed by atoms with E-state index in [-0.39, 0.29) is 5.91 Å². The van der Waals surface area contributed by atoms with Crippen molar-refractivity contribution in [2.24, 2.45) is 5.16 Å². The third-order valence-electron chi connectivity index (χ3n) is 4.12. The highest BCUT2D eigenvalue weighted by Gasteiger charge is 2.29. The van der Waals surface area contributed by atoms with E-state index in [1.54, 1.807) is 13.2 Å². The summed E-state index contributed by atoms with van der Waals surface area (Å²) >= 11 is 0. The molecule has 6 heteroatoms. The largest absolute Gasteiger partial charge is 0.493 e. The zero-order valence-corrected chi connectivity index (χ0v) is 15.2. The predicted molar refractivity (Wildman–Crippen MR) is 103 cm³/mol. The number of carbonyl (C=O) groups excluding carboxylic acids is 1. The highest BCUT2D eigenvalue weighted by atomic mass is 16.6. The Morgan fingerprint density at radius 3 is 2.85 bits per heavy atom. The van der Waals surface area contributed by atoms with Gasteiger partial charge in [0.15, 0.2) is 11.5 Å². The van der Waals surface area contributed by atoms with Crippen LogP contribution >= 0.6 is 0 Å². The maximum Gasteiger partial charge on any atom is 0.264 e. The van der Waals surface area contributed by atoms with Crippen LogP contribution in [0.2, 0.25) is 0 Å². The first-order chi connectivity index (χ1) is 13.2. The normalized spacial score (nSPS) is 15.4. The van der Waals surface area contributed by atoms with Gasteiger partial charge in [0, 0.05) is 18.5 Å². The molecule has 2 aromatic carbocycles. The summed E-state index contributed by atoms with van der Waals surface area (Å²) in [5.41, 5.74) is 2.56. The number of amides is 1. The maximum atomic E-state index is 12.3. The quantitative estimate of drug-likeness (QED) is 0.729. The van der Waals surface area contributed by atoms with E-state index in [0.29, 0.717) is 36.8 Å². The standard InChI is InChI=1S/C21H22N2O4/c1-3-11-26-18-10-9-16(12-19(18)25-2)17-13-20(27-23-17)21(24)22-14-15-7-5-4-6-8-15/h3-10,12,20H,1,11,13-14H2,2H3,(H,22,24). The van der Waals surface area contributed by atoms with Crippen LogP contribution in [0.3, 0.4) is 0 Å². The fourth-order valence-electron chi connectivity index (χ4n) is 2.70. The fraction of sp³-hybridized carbons (Fsp3) is 0.238. The van der Waals surface area contributed by atoms with Crippen molar-refractivity contribution in [3.63, 3.8) is 0 Å². The molecule has 3 rings (SSSR count). The summed E-state index contributed by atoms with van der Waals surface area (Å²) in [6.45, 7) is 4.48. The Morgan fingerprint density at radius 1 is 1.30 bits per heavy atom. The number of oxime groups is 1. The van der Waals surface area contributed by atoms with Crippen molar-refractivity contribution in [3.8, 4) is 11.5 Å². The molecule has 1 N–H and O–H groups in total. The van der Waals surface area contributed by atoms with E-state index < -0.39 is 6.10 Å². The first-order valence-corrected chi connectivity index (χ1v) is 8.67. The molecule has 0 spiro atoms. The summed E-state index contributed by atoms with van der Waals surface area (Å²) < 4.78 is 10.9. The number of rotatable bonds is 8. The van der Waals surface area contributed by atoms with Crippen LogP contribution in [-0.4, -0.2) is 31.4 Å². The summed E-state index contributed by atoms with van der Waals surface area (Å²) in [5.74, 6) is 1.03. The summed E-state index contributed by atoms with van der Waals surface area (Å²) in [6, 6.07) is 15.2. The Hall–Kier alpha value is -3.28. The van der Waals surface area contributed by atoms with Crippen LogP contribution in [0.1, 0.15) is 17.5 Å². The third-order valence-corrected chi connectivity index (χ3v) is 4.12. The van der Waals surface area contributed by atoms with Gasteiger partial charge in [0.05, 0.1) is 12.8 Å². The van der Waals surface area contributed by atoms with Gasteiger partial charge in [-0.25, -0.2) is 0 Å². The van der Waals surface area contributed by atoms with Crippen LogP contribution < -0.4 is 14.8 Å². The molecule has 0 saturated heterocycles. The molecule has 1 unspecified atom stereocenters. The van der Waals surface area contributed by atoms with Gasteiger partial charge in [-0.3, -0.25) is 4.79 Å². The second-order valence-electron chi connectivity index (χ2n) is 6.00. The van der Waals surface area contributed by atoms with Gasteiger partial charge in [-0.05, 0) is 23.8 Å². The van der Waals surface area contributed by atoms with Gasteiger partial charge in [0.2, 0.25) is 6.10 Å². The van der Waals surface area contributed by atoms with Crippen LogP contribution in [0, 0.1) is 0 Å². The second kappa shape index (κ2) is 8.89. The van der Waals surface area contributed by atoms with E-state index in [2.05, 4.69) is 17.1 Å². The molecule has 2 aromatic rings. The van der Waals surface area contributed by atoms with E-state index in [0.717, 1.165) is 11.1 Å². The highest BCUT2D eigenvalue weighted by molar-refractivity contribution is 6.04. The van der Waals surface area contributed by atoms with Crippen LogP contribution in [0.15, 0.2) is 66.3 Å². The molecule has 0 aliphatic carbocycles. The number of hydrogen-bond donors (Lipinski definition) is 1. The van der Waals surface area contributed by atoms with Crippen molar-refractivity contribution in [1.29, 1.82) is 0 Å². The topological polar surface area (TPSA) is 69.2 Å². The first kappa shape index (κ1) is 18.5. The van der Waals surface area contributed by atoms with Crippen molar-refractivity contribution < 1.29 is 19.1 Å². The summed E-state index contributed by atoms with van der Waals surface area (Å²) in [4.78, 5) is 17.7. The number of nitrogens with one attached hydrogen (secondary N) is 1. The third kappa shape index (κ3) is 4.67. The first-order valence-electron chi connectivity index (χ1n) is 8.67. The SMILES string of the molecule is C=CCOc1ccc(C2=NOC(C(=O)NCc3ccccc3)C2)cc1OC. The number of carbonyl (C=O) groups is 1. The minimum atomic E-state index is -0.633. The van der Waals surface area contributed by atoms with Crippen LogP contribution in [0.4, 0.5) is 0 Å². The number of benzene rings is 2. The van der Waals surface area contributed by atoms with Crippen LogP contribution in [0.25, 0.3) is 0 Å². The number of nitrogens with zero attached hydrogens (tertiary/aromatic N) is 1. The number of methoxy groups -OCH3 is 1. The average Bonchev–Trinajstić information content (AvgIpc) is 3.21. The number of ether oxygens (including phenoxy) is 2. The Kier molecular flexibility index (Phi) is 6.10. The zero-order chi connectivity index (χ0) is 19.1. The molecule has 1 aliphatic heterocycles. The lowest BCUT2D eigenvalue weighted by Crippen LogP contribution is -2.34. The molecule has 1 aliphatic rings. The maximum absolute atomic E-state index is 12.3. The van der Waals surface area contributed by atoms with E-state index >= 15 is 0 Å². The molecule has 0 aromatic heterocycles. The minimum absolute atomic E-state index is 0.185. The highest BCUT2D eigenvalue weighted by Crippen LogP contribution is 2.30. The molecule has 1 amide bonds. The Morgan fingerprint density at radius 2 is 2.11 bits per heavy atom. The Bertz CT molecular complexity index is 833. The zero-order valence-electron chi connectivity index (χ0n) is 15.2. The fourth-order valence-corrected chi connectivity index (χ4v) is 2.70. The molecule has 1 atom stereocenters. The van der Waals surface area contributed by atoms with Crippen molar-refractivity contribution in [2.45, 2.75) is 19.1 Å². The molecule has 0 bridgehead atoms. The minimum Gasteiger partial charge on any atom is -0.493 e. The molecule has 140 valence electrons. The lowest BCUT2D eigenvalue weighted by Gasteiger charge is -2.11. The van der Waals surface area contributed by atoms with Gasteiger partial charge in [-0.15, -0.1) is 0 Å². The van der Waals surface area contributed by atoms with Gasteiger partial charge in [0.25, 0.3) is 5.91 Å². The Balaban J connectivity index is 1.59. The van der Waals surface area contributed by atoms with E-state index in [9.17, 15) is 4.79 Å². The van der Waals surface area contributed by atoms with E-state index in [4.69, 9.17) is 14.3 Å². The molecule has 0 saturated carbocycles. The van der Waals surface area contributed by atoms with E-state index in [1.165, 1.54) is 0 Å². The van der Waals surface area contributed by atoms with Gasteiger partial charge in [-0.2, -0.15) is 0 Å². The summed E-state index contributed by atoms with van der Waals surface area (Å²) in [5, 5.41) is 6.95. The van der Waals surface area contributed by atoms with Gasteiger partial charge in [0.1, 0.15) is 6.61 Å². The van der Waals surface area contributed by atoms with Gasteiger partial charge < -0.3 is 19.6 Å². The van der Waals surface area contributed by atoms with Crippen molar-refractivity contribution >= 4 is 11.6 Å². The predicted octanol–water partition coefficient (Wildman–Crippen LogP) is 3.07. The lowest BCUT2D eigenvalue weighted by atomic mass is 10.0. The van der Waals surface area contributed by atoms with Gasteiger partial charge >= 0.3 is 0 Å². The molecule has 0 fully saturated rings. The summed E-state index contributed by atoms with van der Waals surface area (Å²) in [6.07, 6.45) is 1.43. The number of hydrogen-bond acceptors (Lipinski definition) is 5. The Labute approximate surface area is 158 Å². The van der Waals surface area contributed by atoms with Crippen LogP contribution in [-0.2, 0) is 16.2 Å². The smallest absolute Gasteiger partial charge is 0.264 e. The molecule has 1 heterocycles. The van der Waals surface area contributed by atoms with Crippen molar-refractivity contribution in [3.05, 3.63) is 72.3 Å². The molecule has 0 radical (unpaired) electrons. The molecule has 6 nitrogen and oxygen atoms in total. The van der Waals surface area contributed by atoms with Crippen LogP contribution in [0.5, 0.6) is 11.5 Å². The molecular weight excluding hydrogens is 344 g/mol. The molecule has 27 heavy (non-hydrogen) atoms. The molecular formula is C21H22N2O4. The monoisotopic (exact) mass is 366 g/mol. The van der Waals surface area contributed by atoms with Crippen molar-refractivity contribution in [1.82, 2.24) is 5.32 Å². The average molecular weight is 366 g/mol. The summed E-state index contributed by atoms with van der Waals surface area (Å²) in [7, 11) is 1.58. The van der Waals surface area contributed by atoms with Crippen molar-refractivity contribution in [2.75, 3.05) is 13.7 Å².